The number of carbonyl (C=O) groups excluding carboxylic acids is 1. The number of fused-ring (bicyclic) bond motifs is 1. The van der Waals surface area contributed by atoms with Crippen LogP contribution in [0.15, 0.2) is 46.8 Å². The molecule has 156 valence electrons. The molecule has 1 aromatic carbocycles. The quantitative estimate of drug-likeness (QED) is 0.639. The summed E-state index contributed by atoms with van der Waals surface area (Å²) in [4.78, 5) is 25.5. The van der Waals surface area contributed by atoms with Crippen molar-refractivity contribution in [2.75, 3.05) is 6.54 Å². The van der Waals surface area contributed by atoms with Gasteiger partial charge < -0.3 is 5.32 Å². The number of aryl methyl sites for hydroxylation is 2. The summed E-state index contributed by atoms with van der Waals surface area (Å²) in [6.07, 6.45) is 7.90. The first-order chi connectivity index (χ1) is 14.5. The average molecular weight is 406 g/mol. The monoisotopic (exact) mass is 405 g/mol. The highest BCUT2D eigenvalue weighted by Crippen LogP contribution is 2.20. The first-order valence-corrected chi connectivity index (χ1v) is 10.5. The van der Waals surface area contributed by atoms with Gasteiger partial charge in [-0.2, -0.15) is 10.2 Å². The fourth-order valence-electron chi connectivity index (χ4n) is 4.03. The number of amides is 1. The van der Waals surface area contributed by atoms with Crippen molar-refractivity contribution in [3.8, 4) is 5.69 Å². The normalized spacial score (nSPS) is 14.0. The molecule has 1 amide bonds. The lowest BCUT2D eigenvalue weighted by Crippen LogP contribution is -2.34. The highest BCUT2D eigenvalue weighted by Gasteiger charge is 2.18. The Balaban J connectivity index is 1.54. The Kier molecular flexibility index (Phi) is 5.79. The molecule has 1 aliphatic carbocycles. The van der Waals surface area contributed by atoms with E-state index in [1.165, 1.54) is 23.1 Å². The van der Waals surface area contributed by atoms with Crippen LogP contribution in [-0.4, -0.2) is 32.0 Å². The van der Waals surface area contributed by atoms with Gasteiger partial charge in [-0.25, -0.2) is 9.36 Å². The van der Waals surface area contributed by atoms with Gasteiger partial charge in [0, 0.05) is 6.54 Å². The van der Waals surface area contributed by atoms with Crippen molar-refractivity contribution >= 4 is 16.8 Å². The number of nitrogens with one attached hydrogen (secondary N) is 1. The average Bonchev–Trinajstić information content (AvgIpc) is 3.11. The van der Waals surface area contributed by atoms with Crippen LogP contribution in [0.2, 0.25) is 0 Å². The smallest absolute Gasteiger partial charge is 0.278 e. The standard InChI is InChI=1S/C23H27N5O2/c1-16-22-21(17(2)28(26-22)19-11-7-4-8-12-19)23(30)27(25-16)15-20(29)24-14-13-18-9-5-3-6-10-18/h4,7-9,11-12H,3,5-6,10,13-15H2,1-2H3,(H,24,29). The molecule has 30 heavy (non-hydrogen) atoms. The van der Waals surface area contributed by atoms with Crippen LogP contribution in [0.4, 0.5) is 0 Å². The van der Waals surface area contributed by atoms with Crippen molar-refractivity contribution in [1.82, 2.24) is 24.9 Å². The summed E-state index contributed by atoms with van der Waals surface area (Å²) < 4.78 is 3.00. The molecule has 2 heterocycles. The van der Waals surface area contributed by atoms with E-state index in [0.29, 0.717) is 23.1 Å². The molecular formula is C23H27N5O2. The summed E-state index contributed by atoms with van der Waals surface area (Å²) >= 11 is 0. The van der Waals surface area contributed by atoms with Gasteiger partial charge in [0.2, 0.25) is 5.91 Å². The molecule has 0 fully saturated rings. The van der Waals surface area contributed by atoms with E-state index in [9.17, 15) is 9.59 Å². The molecule has 0 radical (unpaired) electrons. The van der Waals surface area contributed by atoms with E-state index >= 15 is 0 Å². The molecule has 7 nitrogen and oxygen atoms in total. The molecule has 0 unspecified atom stereocenters. The summed E-state index contributed by atoms with van der Waals surface area (Å²) in [6, 6.07) is 9.67. The third kappa shape index (κ3) is 4.06. The number of aromatic nitrogens is 4. The summed E-state index contributed by atoms with van der Waals surface area (Å²) in [5.41, 5.74) is 3.94. The topological polar surface area (TPSA) is 81.8 Å². The number of hydrogen-bond acceptors (Lipinski definition) is 4. The lowest BCUT2D eigenvalue weighted by molar-refractivity contribution is -0.121. The molecule has 3 aromatic rings. The zero-order chi connectivity index (χ0) is 21.1. The van der Waals surface area contributed by atoms with Gasteiger partial charge in [0.05, 0.1) is 22.5 Å². The van der Waals surface area contributed by atoms with Crippen LogP contribution in [0.3, 0.4) is 0 Å². The molecule has 0 atom stereocenters. The second-order valence-electron chi connectivity index (χ2n) is 7.81. The van der Waals surface area contributed by atoms with Gasteiger partial charge in [0.15, 0.2) is 0 Å². The molecule has 1 aliphatic rings. The number of allylic oxidation sites excluding steroid dienone is 1. The zero-order valence-electron chi connectivity index (χ0n) is 17.5. The Hall–Kier alpha value is -3.22. The van der Waals surface area contributed by atoms with Crippen LogP contribution < -0.4 is 10.9 Å². The molecule has 4 rings (SSSR count). The Morgan fingerprint density at radius 2 is 1.93 bits per heavy atom. The number of para-hydroxylation sites is 1. The maximum absolute atomic E-state index is 13.1. The van der Waals surface area contributed by atoms with Gasteiger partial charge in [-0.15, -0.1) is 0 Å². The highest BCUT2D eigenvalue weighted by atomic mass is 16.2. The summed E-state index contributed by atoms with van der Waals surface area (Å²) in [7, 11) is 0. The van der Waals surface area contributed by atoms with Gasteiger partial charge >= 0.3 is 0 Å². The van der Waals surface area contributed by atoms with Gasteiger partial charge in [0.1, 0.15) is 12.1 Å². The van der Waals surface area contributed by atoms with Crippen molar-refractivity contribution in [2.45, 2.75) is 52.5 Å². The van der Waals surface area contributed by atoms with Gasteiger partial charge in [-0.1, -0.05) is 29.8 Å². The molecule has 0 spiro atoms. The predicted octanol–water partition coefficient (Wildman–Crippen LogP) is 3.21. The second kappa shape index (κ2) is 8.65. The summed E-state index contributed by atoms with van der Waals surface area (Å²) in [5, 5.41) is 12.4. The Morgan fingerprint density at radius 3 is 2.67 bits per heavy atom. The molecule has 0 bridgehead atoms. The number of carbonyl (C=O) groups is 1. The minimum atomic E-state index is -0.291. The van der Waals surface area contributed by atoms with Crippen molar-refractivity contribution in [1.29, 1.82) is 0 Å². The van der Waals surface area contributed by atoms with Gasteiger partial charge in [-0.3, -0.25) is 9.59 Å². The molecular weight excluding hydrogens is 378 g/mol. The van der Waals surface area contributed by atoms with Crippen molar-refractivity contribution in [3.63, 3.8) is 0 Å². The van der Waals surface area contributed by atoms with E-state index in [0.717, 1.165) is 30.6 Å². The number of nitrogens with zero attached hydrogens (tertiary/aromatic N) is 4. The van der Waals surface area contributed by atoms with Crippen molar-refractivity contribution in [3.05, 3.63) is 63.7 Å². The van der Waals surface area contributed by atoms with Crippen molar-refractivity contribution < 1.29 is 4.79 Å². The lowest BCUT2D eigenvalue weighted by Gasteiger charge is -2.13. The van der Waals surface area contributed by atoms with Crippen LogP contribution in [-0.2, 0) is 11.3 Å². The first-order valence-electron chi connectivity index (χ1n) is 10.5. The van der Waals surface area contributed by atoms with Crippen LogP contribution in [0.1, 0.15) is 43.5 Å². The Labute approximate surface area is 175 Å². The van der Waals surface area contributed by atoms with Gasteiger partial charge in [-0.05, 0) is 58.1 Å². The van der Waals surface area contributed by atoms with Crippen LogP contribution in [0.25, 0.3) is 16.6 Å². The van der Waals surface area contributed by atoms with E-state index in [-0.39, 0.29) is 18.0 Å². The highest BCUT2D eigenvalue weighted by molar-refractivity contribution is 5.83. The number of hydrogen-bond donors (Lipinski definition) is 1. The summed E-state index contributed by atoms with van der Waals surface area (Å²) in [6.45, 7) is 4.18. The number of benzene rings is 1. The van der Waals surface area contributed by atoms with Crippen LogP contribution in [0, 0.1) is 13.8 Å². The fourth-order valence-corrected chi connectivity index (χ4v) is 4.03. The molecule has 2 aromatic heterocycles. The minimum absolute atomic E-state index is 0.0926. The second-order valence-corrected chi connectivity index (χ2v) is 7.81. The molecule has 7 heteroatoms. The van der Waals surface area contributed by atoms with E-state index in [2.05, 4.69) is 21.6 Å². The van der Waals surface area contributed by atoms with Crippen molar-refractivity contribution in [2.24, 2.45) is 0 Å². The van der Waals surface area contributed by atoms with E-state index < -0.39 is 0 Å². The largest absolute Gasteiger partial charge is 0.354 e. The van der Waals surface area contributed by atoms with Crippen LogP contribution in [0.5, 0.6) is 0 Å². The molecule has 0 saturated heterocycles. The Morgan fingerprint density at radius 1 is 1.13 bits per heavy atom. The SMILES string of the molecule is Cc1nn(CC(=O)NCCC2=CCCCC2)c(=O)c2c(C)n(-c3ccccc3)nc12. The van der Waals surface area contributed by atoms with E-state index in [1.54, 1.807) is 4.68 Å². The molecule has 0 saturated carbocycles. The first kappa shape index (κ1) is 20.1. The van der Waals surface area contributed by atoms with Gasteiger partial charge in [0.25, 0.3) is 5.56 Å². The fraction of sp³-hybridized carbons (Fsp3) is 0.391. The zero-order valence-corrected chi connectivity index (χ0v) is 17.5. The maximum atomic E-state index is 13.1. The lowest BCUT2D eigenvalue weighted by atomic mass is 9.97. The molecule has 0 aliphatic heterocycles. The Bertz CT molecular complexity index is 1160. The minimum Gasteiger partial charge on any atom is -0.354 e. The molecule has 1 N–H and O–H groups in total. The van der Waals surface area contributed by atoms with E-state index in [1.807, 2.05) is 44.2 Å². The maximum Gasteiger partial charge on any atom is 0.278 e. The predicted molar refractivity (Wildman–Crippen MR) is 117 cm³/mol. The number of rotatable bonds is 6. The van der Waals surface area contributed by atoms with E-state index in [4.69, 9.17) is 0 Å². The third-order valence-corrected chi connectivity index (χ3v) is 5.63. The summed E-state index contributed by atoms with van der Waals surface area (Å²) in [5.74, 6) is -0.201. The van der Waals surface area contributed by atoms with Crippen LogP contribution >= 0.6 is 0 Å². The third-order valence-electron chi connectivity index (χ3n) is 5.63.